The van der Waals surface area contributed by atoms with Crippen LogP contribution in [0.3, 0.4) is 0 Å². The Kier molecular flexibility index (Phi) is 3.04. The van der Waals surface area contributed by atoms with Crippen LogP contribution in [0.25, 0.3) is 0 Å². The summed E-state index contributed by atoms with van der Waals surface area (Å²) in [5.41, 5.74) is 0.0222. The van der Waals surface area contributed by atoms with Gasteiger partial charge in [0.05, 0.1) is 12.4 Å². The van der Waals surface area contributed by atoms with Gasteiger partial charge in [0.25, 0.3) is 0 Å². The lowest BCUT2D eigenvalue weighted by atomic mass is 9.71. The largest absolute Gasteiger partial charge is 0.384 e. The number of hydrogen-bond donors (Lipinski definition) is 1. The van der Waals surface area contributed by atoms with Gasteiger partial charge in [-0.3, -0.25) is 0 Å². The van der Waals surface area contributed by atoms with E-state index in [-0.39, 0.29) is 5.41 Å². The van der Waals surface area contributed by atoms with Crippen LogP contribution in [-0.2, 0) is 15.8 Å². The van der Waals surface area contributed by atoms with E-state index in [0.29, 0.717) is 12.4 Å². The summed E-state index contributed by atoms with van der Waals surface area (Å²) in [6.45, 7) is 0.624. The lowest BCUT2D eigenvalue weighted by molar-refractivity contribution is 0.0356. The lowest BCUT2D eigenvalue weighted by Crippen LogP contribution is -2.39. The Balaban J connectivity index is 2.39. The molecule has 0 aromatic heterocycles. The highest BCUT2D eigenvalue weighted by atomic mass is 32.2. The molecule has 4 heteroatoms. The maximum absolute atomic E-state index is 10.5. The summed E-state index contributed by atoms with van der Waals surface area (Å²) >= 11 is -1.67. The summed E-state index contributed by atoms with van der Waals surface area (Å²) in [7, 11) is 1.64. The first-order chi connectivity index (χ1) is 5.18. The van der Waals surface area contributed by atoms with E-state index in [1.807, 2.05) is 0 Å². The van der Waals surface area contributed by atoms with Gasteiger partial charge in [-0.25, -0.2) is 4.21 Å². The molecule has 0 bridgehead atoms. The fourth-order valence-electron chi connectivity index (χ4n) is 1.58. The van der Waals surface area contributed by atoms with E-state index < -0.39 is 11.1 Å². The van der Waals surface area contributed by atoms with E-state index in [4.69, 9.17) is 9.29 Å². The van der Waals surface area contributed by atoms with Crippen molar-refractivity contribution in [3.63, 3.8) is 0 Å². The normalized spacial score (nSPS) is 24.2. The monoisotopic (exact) mass is 178 g/mol. The minimum Gasteiger partial charge on any atom is -0.384 e. The van der Waals surface area contributed by atoms with Gasteiger partial charge < -0.3 is 9.29 Å². The molecule has 1 aliphatic rings. The van der Waals surface area contributed by atoms with Gasteiger partial charge in [0.15, 0.2) is 11.1 Å². The number of methoxy groups -OCH3 is 1. The molecule has 0 aromatic rings. The van der Waals surface area contributed by atoms with Crippen LogP contribution >= 0.6 is 0 Å². The van der Waals surface area contributed by atoms with Crippen molar-refractivity contribution >= 4 is 11.1 Å². The van der Waals surface area contributed by atoms with E-state index in [1.54, 1.807) is 7.11 Å². The second-order valence-corrected chi connectivity index (χ2v) is 4.18. The topological polar surface area (TPSA) is 46.5 Å². The zero-order valence-electron chi connectivity index (χ0n) is 6.71. The maximum Gasteiger partial charge on any atom is 0.153 e. The molecule has 0 aromatic carbocycles. The van der Waals surface area contributed by atoms with E-state index in [1.165, 1.54) is 6.42 Å². The van der Waals surface area contributed by atoms with Crippen LogP contribution in [0.2, 0.25) is 0 Å². The van der Waals surface area contributed by atoms with Crippen molar-refractivity contribution in [2.24, 2.45) is 5.41 Å². The zero-order chi connectivity index (χ0) is 8.32. The molecule has 0 aliphatic heterocycles. The van der Waals surface area contributed by atoms with E-state index >= 15 is 0 Å². The predicted molar refractivity (Wildman–Crippen MR) is 43.8 cm³/mol. The lowest BCUT2D eigenvalue weighted by Gasteiger charge is -2.40. The van der Waals surface area contributed by atoms with E-state index in [2.05, 4.69) is 0 Å². The molecule has 0 amide bonds. The molecule has 66 valence electrons. The SMILES string of the molecule is COCC1(CS(=O)O)CCC1. The molecule has 1 unspecified atom stereocenters. The van der Waals surface area contributed by atoms with Gasteiger partial charge in [-0.05, 0) is 12.8 Å². The molecule has 11 heavy (non-hydrogen) atoms. The van der Waals surface area contributed by atoms with Crippen LogP contribution in [-0.4, -0.2) is 28.2 Å². The van der Waals surface area contributed by atoms with Gasteiger partial charge in [0.1, 0.15) is 0 Å². The molecule has 1 fully saturated rings. The van der Waals surface area contributed by atoms with Crippen molar-refractivity contribution in [1.82, 2.24) is 0 Å². The molecule has 1 aliphatic carbocycles. The first-order valence-corrected chi connectivity index (χ1v) is 5.02. The van der Waals surface area contributed by atoms with Crippen molar-refractivity contribution in [2.45, 2.75) is 19.3 Å². The zero-order valence-corrected chi connectivity index (χ0v) is 7.52. The fourth-order valence-corrected chi connectivity index (χ4v) is 2.47. The predicted octanol–water partition coefficient (Wildman–Crippen LogP) is 1.02. The highest BCUT2D eigenvalue weighted by Crippen LogP contribution is 2.41. The first-order valence-electron chi connectivity index (χ1n) is 3.75. The molecule has 1 atom stereocenters. The summed E-state index contributed by atoms with van der Waals surface area (Å²) in [6, 6.07) is 0. The minimum atomic E-state index is -1.67. The number of hydrogen-bond acceptors (Lipinski definition) is 2. The second kappa shape index (κ2) is 3.65. The van der Waals surface area contributed by atoms with Crippen LogP contribution in [0.15, 0.2) is 0 Å². The summed E-state index contributed by atoms with van der Waals surface area (Å²) in [4.78, 5) is 0. The average molecular weight is 178 g/mol. The van der Waals surface area contributed by atoms with Crippen LogP contribution in [0.1, 0.15) is 19.3 Å². The smallest absolute Gasteiger partial charge is 0.153 e. The quantitative estimate of drug-likeness (QED) is 0.654. The molecule has 0 saturated heterocycles. The van der Waals surface area contributed by atoms with E-state index in [9.17, 15) is 4.21 Å². The summed E-state index contributed by atoms with van der Waals surface area (Å²) in [5, 5.41) is 0. The molecule has 0 heterocycles. The van der Waals surface area contributed by atoms with Crippen LogP contribution in [0.5, 0.6) is 0 Å². The molecule has 1 rings (SSSR count). The Bertz CT molecular complexity index is 154. The first kappa shape index (κ1) is 9.16. The van der Waals surface area contributed by atoms with Crippen molar-refractivity contribution in [1.29, 1.82) is 0 Å². The Morgan fingerprint density at radius 2 is 2.27 bits per heavy atom. The minimum absolute atomic E-state index is 0.0222. The van der Waals surface area contributed by atoms with Gasteiger partial charge in [-0.2, -0.15) is 0 Å². The van der Waals surface area contributed by atoms with Gasteiger partial charge in [0, 0.05) is 12.5 Å². The van der Waals surface area contributed by atoms with Gasteiger partial charge in [-0.1, -0.05) is 6.42 Å². The van der Waals surface area contributed by atoms with Crippen molar-refractivity contribution < 1.29 is 13.5 Å². The molecule has 3 nitrogen and oxygen atoms in total. The van der Waals surface area contributed by atoms with Gasteiger partial charge >= 0.3 is 0 Å². The molecule has 1 saturated carbocycles. The van der Waals surface area contributed by atoms with Crippen molar-refractivity contribution in [3.8, 4) is 0 Å². The van der Waals surface area contributed by atoms with Gasteiger partial charge in [-0.15, -0.1) is 0 Å². The van der Waals surface area contributed by atoms with Gasteiger partial charge in [0.2, 0.25) is 0 Å². The maximum atomic E-state index is 10.5. The van der Waals surface area contributed by atoms with Crippen LogP contribution in [0, 0.1) is 5.41 Å². The van der Waals surface area contributed by atoms with E-state index in [0.717, 1.165) is 12.8 Å². The Morgan fingerprint density at radius 1 is 1.64 bits per heavy atom. The molecular formula is C7H14O3S. The Labute approximate surface area is 69.4 Å². The Hall–Kier alpha value is 0.0700. The third kappa shape index (κ3) is 2.25. The van der Waals surface area contributed by atoms with Crippen LogP contribution < -0.4 is 0 Å². The molecule has 0 radical (unpaired) electrons. The summed E-state index contributed by atoms with van der Waals surface area (Å²) in [5.74, 6) is 0.376. The average Bonchev–Trinajstić information content (AvgIpc) is 1.82. The number of ether oxygens (including phenoxy) is 1. The Morgan fingerprint density at radius 3 is 2.55 bits per heavy atom. The highest BCUT2D eigenvalue weighted by Gasteiger charge is 2.38. The standard InChI is InChI=1S/C7H14O3S/c1-10-5-7(3-2-4-7)6-11(8)9/h2-6H2,1H3,(H,8,9). The molecular weight excluding hydrogens is 164 g/mol. The van der Waals surface area contributed by atoms with Crippen molar-refractivity contribution in [2.75, 3.05) is 19.5 Å². The summed E-state index contributed by atoms with van der Waals surface area (Å²) in [6.07, 6.45) is 3.24. The van der Waals surface area contributed by atoms with Crippen LogP contribution in [0.4, 0.5) is 0 Å². The summed E-state index contributed by atoms with van der Waals surface area (Å²) < 4.78 is 24.2. The third-order valence-corrected chi connectivity index (χ3v) is 3.15. The van der Waals surface area contributed by atoms with Crippen molar-refractivity contribution in [3.05, 3.63) is 0 Å². The molecule has 1 N–H and O–H groups in total. The fraction of sp³-hybridized carbons (Fsp3) is 1.00. The second-order valence-electron chi connectivity index (χ2n) is 3.25. The highest BCUT2D eigenvalue weighted by molar-refractivity contribution is 7.79. The third-order valence-electron chi connectivity index (χ3n) is 2.29. The number of rotatable bonds is 4. The molecule has 0 spiro atoms.